The molecule has 0 aromatic heterocycles. The van der Waals surface area contributed by atoms with Crippen molar-refractivity contribution in [3.05, 3.63) is 35.4 Å². The van der Waals surface area contributed by atoms with Crippen molar-refractivity contribution in [2.45, 2.75) is 38.6 Å². The predicted octanol–water partition coefficient (Wildman–Crippen LogP) is 1.78. The van der Waals surface area contributed by atoms with Crippen LogP contribution in [0.4, 0.5) is 0 Å². The zero-order valence-corrected chi connectivity index (χ0v) is 14.4. The van der Waals surface area contributed by atoms with Crippen LogP contribution in [0.5, 0.6) is 0 Å². The number of hydrogen-bond donors (Lipinski definition) is 0. The number of benzene rings is 1. The maximum absolute atomic E-state index is 12.9. The predicted molar refractivity (Wildman–Crippen MR) is 91.6 cm³/mol. The van der Waals surface area contributed by atoms with E-state index < -0.39 is 0 Å². The van der Waals surface area contributed by atoms with Crippen LogP contribution in [0.3, 0.4) is 0 Å². The van der Waals surface area contributed by atoms with Crippen molar-refractivity contribution in [2.24, 2.45) is 0 Å². The number of hydrogen-bond acceptors (Lipinski definition) is 3. The Balaban J connectivity index is 1.70. The Bertz CT molecular complexity index is 596. The number of amides is 2. The lowest BCUT2D eigenvalue weighted by Crippen LogP contribution is -2.55. The van der Waals surface area contributed by atoms with Crippen molar-refractivity contribution in [3.63, 3.8) is 0 Å². The van der Waals surface area contributed by atoms with Gasteiger partial charge in [0.15, 0.2) is 0 Å². The number of likely N-dealkylation sites (tertiary alicyclic amines) is 1. The van der Waals surface area contributed by atoms with Crippen molar-refractivity contribution in [2.75, 3.05) is 32.8 Å². The molecule has 0 spiro atoms. The van der Waals surface area contributed by atoms with E-state index in [0.29, 0.717) is 39.3 Å². The molecular weight excluding hydrogens is 304 g/mol. The highest BCUT2D eigenvalue weighted by molar-refractivity contribution is 5.89. The molecule has 0 bridgehead atoms. The molecule has 24 heavy (non-hydrogen) atoms. The van der Waals surface area contributed by atoms with Crippen LogP contribution < -0.4 is 0 Å². The number of aryl methyl sites for hydroxylation is 1. The van der Waals surface area contributed by atoms with Crippen molar-refractivity contribution in [3.8, 4) is 0 Å². The summed E-state index contributed by atoms with van der Waals surface area (Å²) < 4.78 is 5.33. The Morgan fingerprint density at radius 2 is 1.88 bits per heavy atom. The summed E-state index contributed by atoms with van der Waals surface area (Å²) >= 11 is 0. The molecule has 1 aromatic carbocycles. The molecule has 1 atom stereocenters. The Hall–Kier alpha value is -1.88. The fraction of sp³-hybridized carbons (Fsp3) is 0.579. The van der Waals surface area contributed by atoms with Gasteiger partial charge < -0.3 is 14.5 Å². The van der Waals surface area contributed by atoms with Crippen LogP contribution in [-0.2, 0) is 20.7 Å². The molecule has 5 nitrogen and oxygen atoms in total. The van der Waals surface area contributed by atoms with E-state index in [2.05, 4.69) is 0 Å². The summed E-state index contributed by atoms with van der Waals surface area (Å²) in [5.74, 6) is 0.159. The quantitative estimate of drug-likeness (QED) is 0.849. The monoisotopic (exact) mass is 330 g/mol. The maximum atomic E-state index is 12.9. The second kappa shape index (κ2) is 7.79. The van der Waals surface area contributed by atoms with Gasteiger partial charge in [-0.15, -0.1) is 0 Å². The van der Waals surface area contributed by atoms with Gasteiger partial charge in [-0.25, -0.2) is 0 Å². The molecule has 2 heterocycles. The lowest BCUT2D eigenvalue weighted by atomic mass is 9.98. The molecule has 5 heteroatoms. The molecule has 2 aliphatic rings. The zero-order chi connectivity index (χ0) is 16.9. The molecular formula is C19H26N2O3. The van der Waals surface area contributed by atoms with Crippen LogP contribution in [-0.4, -0.2) is 60.5 Å². The van der Waals surface area contributed by atoms with E-state index in [-0.39, 0.29) is 17.9 Å². The third-order valence-electron chi connectivity index (χ3n) is 5.03. The minimum atomic E-state index is -0.298. The van der Waals surface area contributed by atoms with Gasteiger partial charge in [0.1, 0.15) is 6.04 Å². The first kappa shape index (κ1) is 17.0. The molecule has 0 N–H and O–H groups in total. The van der Waals surface area contributed by atoms with E-state index in [9.17, 15) is 9.59 Å². The van der Waals surface area contributed by atoms with Crippen LogP contribution in [0.2, 0.25) is 0 Å². The Labute approximate surface area is 143 Å². The molecule has 2 amide bonds. The number of ether oxygens (including phenoxy) is 1. The first-order valence-electron chi connectivity index (χ1n) is 8.87. The molecule has 1 unspecified atom stereocenters. The van der Waals surface area contributed by atoms with Crippen molar-refractivity contribution >= 4 is 11.8 Å². The van der Waals surface area contributed by atoms with E-state index >= 15 is 0 Å². The highest BCUT2D eigenvalue weighted by Gasteiger charge is 2.35. The van der Waals surface area contributed by atoms with Crippen molar-refractivity contribution in [1.82, 2.24) is 9.80 Å². The zero-order valence-electron chi connectivity index (χ0n) is 14.4. The largest absolute Gasteiger partial charge is 0.378 e. The maximum Gasteiger partial charge on any atom is 0.245 e. The molecule has 0 aliphatic carbocycles. The summed E-state index contributed by atoms with van der Waals surface area (Å²) in [4.78, 5) is 29.4. The summed E-state index contributed by atoms with van der Waals surface area (Å²) in [5.41, 5.74) is 2.17. The SMILES string of the molecule is Cc1ccccc1CC(=O)N1CCCCC1C(=O)N1CCOCC1. The van der Waals surface area contributed by atoms with Gasteiger partial charge in [0, 0.05) is 19.6 Å². The fourth-order valence-corrected chi connectivity index (χ4v) is 3.55. The van der Waals surface area contributed by atoms with Gasteiger partial charge in [-0.2, -0.15) is 0 Å². The molecule has 3 rings (SSSR count). The average molecular weight is 330 g/mol. The highest BCUT2D eigenvalue weighted by Crippen LogP contribution is 2.21. The van der Waals surface area contributed by atoms with Gasteiger partial charge in [-0.1, -0.05) is 24.3 Å². The molecule has 0 radical (unpaired) electrons. The van der Waals surface area contributed by atoms with Gasteiger partial charge in [0.2, 0.25) is 11.8 Å². The number of morpholine rings is 1. The number of nitrogens with zero attached hydrogens (tertiary/aromatic N) is 2. The molecule has 0 saturated carbocycles. The summed E-state index contributed by atoms with van der Waals surface area (Å²) in [5, 5.41) is 0. The van der Waals surface area contributed by atoms with Crippen LogP contribution in [0.25, 0.3) is 0 Å². The summed E-state index contributed by atoms with van der Waals surface area (Å²) in [7, 11) is 0. The van der Waals surface area contributed by atoms with E-state index in [4.69, 9.17) is 4.74 Å². The second-order valence-electron chi connectivity index (χ2n) is 6.64. The molecule has 2 aliphatic heterocycles. The third kappa shape index (κ3) is 3.78. The lowest BCUT2D eigenvalue weighted by molar-refractivity contribution is -0.149. The van der Waals surface area contributed by atoms with Crippen molar-refractivity contribution in [1.29, 1.82) is 0 Å². The number of piperidine rings is 1. The summed E-state index contributed by atoms with van der Waals surface area (Å²) in [6.45, 7) is 5.16. The minimum absolute atomic E-state index is 0.0654. The molecule has 2 fully saturated rings. The van der Waals surface area contributed by atoms with E-state index in [1.165, 1.54) is 0 Å². The summed E-state index contributed by atoms with van der Waals surface area (Å²) in [6, 6.07) is 7.66. The van der Waals surface area contributed by atoms with Crippen LogP contribution in [0.1, 0.15) is 30.4 Å². The lowest BCUT2D eigenvalue weighted by Gasteiger charge is -2.39. The first-order chi connectivity index (χ1) is 11.7. The van der Waals surface area contributed by atoms with Gasteiger partial charge in [-0.3, -0.25) is 9.59 Å². The fourth-order valence-electron chi connectivity index (χ4n) is 3.55. The van der Waals surface area contributed by atoms with Gasteiger partial charge in [0.25, 0.3) is 0 Å². The number of carbonyl (C=O) groups excluding carboxylic acids is 2. The minimum Gasteiger partial charge on any atom is -0.378 e. The smallest absolute Gasteiger partial charge is 0.245 e. The summed E-state index contributed by atoms with van der Waals surface area (Å²) in [6.07, 6.45) is 3.14. The topological polar surface area (TPSA) is 49.9 Å². The van der Waals surface area contributed by atoms with E-state index in [1.807, 2.05) is 41.0 Å². The molecule has 1 aromatic rings. The second-order valence-corrected chi connectivity index (χ2v) is 6.64. The average Bonchev–Trinajstić information content (AvgIpc) is 2.63. The van der Waals surface area contributed by atoms with Crippen LogP contribution >= 0.6 is 0 Å². The Morgan fingerprint density at radius 1 is 1.12 bits per heavy atom. The number of carbonyl (C=O) groups is 2. The normalized spacial score (nSPS) is 21.6. The van der Waals surface area contributed by atoms with Crippen molar-refractivity contribution < 1.29 is 14.3 Å². The van der Waals surface area contributed by atoms with Crippen LogP contribution in [0.15, 0.2) is 24.3 Å². The standard InChI is InChI=1S/C19H26N2O3/c1-15-6-2-3-7-16(15)14-18(22)21-9-5-4-8-17(21)19(23)20-10-12-24-13-11-20/h2-3,6-7,17H,4-5,8-14H2,1H3. The van der Waals surface area contributed by atoms with Gasteiger partial charge >= 0.3 is 0 Å². The Kier molecular flexibility index (Phi) is 5.51. The van der Waals surface area contributed by atoms with Gasteiger partial charge in [-0.05, 0) is 37.3 Å². The Morgan fingerprint density at radius 3 is 2.62 bits per heavy atom. The molecule has 2 saturated heterocycles. The number of rotatable bonds is 3. The first-order valence-corrected chi connectivity index (χ1v) is 8.87. The van der Waals surface area contributed by atoms with E-state index in [0.717, 1.165) is 30.4 Å². The third-order valence-corrected chi connectivity index (χ3v) is 5.03. The van der Waals surface area contributed by atoms with Crippen LogP contribution in [0, 0.1) is 6.92 Å². The van der Waals surface area contributed by atoms with Gasteiger partial charge in [0.05, 0.1) is 19.6 Å². The highest BCUT2D eigenvalue weighted by atomic mass is 16.5. The van der Waals surface area contributed by atoms with E-state index in [1.54, 1.807) is 0 Å². The molecule has 130 valence electrons.